The maximum absolute atomic E-state index is 9.13. The van der Waals surface area contributed by atoms with Crippen LogP contribution in [0.25, 0.3) is 21.0 Å². The van der Waals surface area contributed by atoms with Crippen LogP contribution in [0, 0.1) is 11.3 Å². The van der Waals surface area contributed by atoms with Crippen molar-refractivity contribution in [1.29, 1.82) is 5.26 Å². The van der Waals surface area contributed by atoms with Crippen LogP contribution in [0.15, 0.2) is 29.6 Å². The molecule has 5 heteroatoms. The van der Waals surface area contributed by atoms with Crippen LogP contribution in [0.5, 0.6) is 0 Å². The van der Waals surface area contributed by atoms with Crippen molar-refractivity contribution in [2.75, 3.05) is 38.1 Å². The molecular weight excluding hydrogens is 292 g/mol. The molecule has 0 radical (unpaired) electrons. The number of nitrogens with zero attached hydrogens (tertiary/aromatic N) is 4. The third-order valence-corrected chi connectivity index (χ3v) is 5.25. The monoisotopic (exact) mass is 308 g/mol. The minimum Gasteiger partial charge on any atom is -0.353 e. The van der Waals surface area contributed by atoms with Crippen LogP contribution in [-0.2, 0) is 0 Å². The Balaban J connectivity index is 1.92. The zero-order valence-electron chi connectivity index (χ0n) is 12.4. The molecule has 0 atom stereocenters. The molecule has 1 saturated heterocycles. The topological polar surface area (TPSA) is 43.2 Å². The lowest BCUT2D eigenvalue weighted by Gasteiger charge is -2.33. The summed E-state index contributed by atoms with van der Waals surface area (Å²) in [6.07, 6.45) is 0. The largest absolute Gasteiger partial charge is 0.353 e. The lowest BCUT2D eigenvalue weighted by Crippen LogP contribution is -2.44. The molecule has 0 aliphatic carbocycles. The highest BCUT2D eigenvalue weighted by Crippen LogP contribution is 2.35. The van der Waals surface area contributed by atoms with Crippen molar-refractivity contribution >= 4 is 38.1 Å². The molecule has 0 saturated carbocycles. The summed E-state index contributed by atoms with van der Waals surface area (Å²) in [4.78, 5) is 9.61. The highest BCUT2D eigenvalue weighted by atomic mass is 32.1. The quantitative estimate of drug-likeness (QED) is 0.693. The van der Waals surface area contributed by atoms with Gasteiger partial charge in [0.15, 0.2) is 0 Å². The van der Waals surface area contributed by atoms with E-state index in [2.05, 4.69) is 34.4 Å². The van der Waals surface area contributed by atoms with E-state index in [1.165, 1.54) is 10.1 Å². The standard InChI is InChI=1S/C17H16N4S/c1-20-5-7-21(8-6-20)17-14-4-9-22-16(14)13-3-2-12(11-18)10-15(13)19-17/h2-4,9-10H,5-8H2,1H3. The first-order valence-electron chi connectivity index (χ1n) is 7.41. The molecule has 1 aliphatic heterocycles. The fraction of sp³-hybridized carbons (Fsp3) is 0.294. The van der Waals surface area contributed by atoms with Crippen LogP contribution >= 0.6 is 11.3 Å². The van der Waals surface area contributed by atoms with Gasteiger partial charge >= 0.3 is 0 Å². The van der Waals surface area contributed by atoms with Crippen molar-refractivity contribution in [3.05, 3.63) is 35.2 Å². The minimum atomic E-state index is 0.667. The fourth-order valence-electron chi connectivity index (χ4n) is 3.01. The van der Waals surface area contributed by atoms with E-state index in [1.54, 1.807) is 11.3 Å². The lowest BCUT2D eigenvalue weighted by atomic mass is 10.1. The number of rotatable bonds is 1. The SMILES string of the molecule is CN1CCN(c2nc3cc(C#N)ccc3c3sccc23)CC1. The van der Waals surface area contributed by atoms with Gasteiger partial charge in [0.1, 0.15) is 5.82 Å². The summed E-state index contributed by atoms with van der Waals surface area (Å²) >= 11 is 1.75. The van der Waals surface area contributed by atoms with Gasteiger partial charge in [-0.1, -0.05) is 6.07 Å². The number of aromatic nitrogens is 1. The Hall–Kier alpha value is -2.16. The van der Waals surface area contributed by atoms with Gasteiger partial charge in [-0.3, -0.25) is 0 Å². The van der Waals surface area contributed by atoms with E-state index in [0.29, 0.717) is 5.56 Å². The van der Waals surface area contributed by atoms with Crippen molar-refractivity contribution in [1.82, 2.24) is 9.88 Å². The van der Waals surface area contributed by atoms with Crippen molar-refractivity contribution in [3.8, 4) is 6.07 Å². The summed E-state index contributed by atoms with van der Waals surface area (Å²) in [6.45, 7) is 4.11. The first-order chi connectivity index (χ1) is 10.8. The Morgan fingerprint density at radius 2 is 1.95 bits per heavy atom. The third kappa shape index (κ3) is 2.12. The Morgan fingerprint density at radius 1 is 1.14 bits per heavy atom. The van der Waals surface area contributed by atoms with E-state index < -0.39 is 0 Å². The summed E-state index contributed by atoms with van der Waals surface area (Å²) < 4.78 is 1.27. The number of likely N-dealkylation sites (N-methyl/N-ethyl adjacent to an activating group) is 1. The average Bonchev–Trinajstić information content (AvgIpc) is 3.04. The molecule has 0 bridgehead atoms. The lowest BCUT2D eigenvalue weighted by molar-refractivity contribution is 0.312. The molecule has 0 unspecified atom stereocenters. The molecule has 0 amide bonds. The van der Waals surface area contributed by atoms with Crippen molar-refractivity contribution in [2.24, 2.45) is 0 Å². The Morgan fingerprint density at radius 3 is 2.73 bits per heavy atom. The highest BCUT2D eigenvalue weighted by Gasteiger charge is 2.19. The number of thiophene rings is 1. The second-order valence-electron chi connectivity index (χ2n) is 5.73. The van der Waals surface area contributed by atoms with Crippen molar-refractivity contribution < 1.29 is 0 Å². The van der Waals surface area contributed by atoms with E-state index in [9.17, 15) is 0 Å². The van der Waals surface area contributed by atoms with Gasteiger partial charge in [-0.15, -0.1) is 11.3 Å². The van der Waals surface area contributed by atoms with Gasteiger partial charge in [-0.05, 0) is 30.6 Å². The summed E-state index contributed by atoms with van der Waals surface area (Å²) in [6, 6.07) is 10.2. The number of benzene rings is 1. The molecule has 2 aromatic heterocycles. The normalized spacial score (nSPS) is 16.3. The molecule has 4 nitrogen and oxygen atoms in total. The number of hydrogen-bond donors (Lipinski definition) is 0. The van der Waals surface area contributed by atoms with Crippen LogP contribution in [0.4, 0.5) is 5.82 Å². The van der Waals surface area contributed by atoms with E-state index in [1.807, 2.05) is 18.2 Å². The number of anilines is 1. The smallest absolute Gasteiger partial charge is 0.138 e. The number of piperazine rings is 1. The molecular formula is C17H16N4S. The minimum absolute atomic E-state index is 0.667. The van der Waals surface area contributed by atoms with E-state index in [-0.39, 0.29) is 0 Å². The second kappa shape index (κ2) is 5.24. The van der Waals surface area contributed by atoms with Crippen LogP contribution < -0.4 is 4.90 Å². The summed E-state index contributed by atoms with van der Waals surface area (Å²) in [5.41, 5.74) is 1.59. The van der Waals surface area contributed by atoms with Crippen LogP contribution in [0.1, 0.15) is 5.56 Å². The molecule has 4 rings (SSSR count). The number of nitriles is 1. The van der Waals surface area contributed by atoms with Gasteiger partial charge in [-0.25, -0.2) is 4.98 Å². The Labute approximate surface area is 133 Å². The molecule has 0 N–H and O–H groups in total. The number of pyridine rings is 1. The third-order valence-electron chi connectivity index (χ3n) is 4.31. The molecule has 110 valence electrons. The highest BCUT2D eigenvalue weighted by molar-refractivity contribution is 7.18. The van der Waals surface area contributed by atoms with E-state index in [0.717, 1.165) is 42.9 Å². The van der Waals surface area contributed by atoms with Crippen molar-refractivity contribution in [2.45, 2.75) is 0 Å². The molecule has 22 heavy (non-hydrogen) atoms. The van der Waals surface area contributed by atoms with Gasteiger partial charge in [0.25, 0.3) is 0 Å². The Bertz CT molecular complexity index is 885. The fourth-order valence-corrected chi connectivity index (χ4v) is 3.94. The van der Waals surface area contributed by atoms with Gasteiger partial charge in [0.05, 0.1) is 17.1 Å². The zero-order chi connectivity index (χ0) is 15.1. The maximum atomic E-state index is 9.13. The number of fused-ring (bicyclic) bond motifs is 3. The summed E-state index contributed by atoms with van der Waals surface area (Å²) in [5, 5.41) is 13.6. The first-order valence-corrected chi connectivity index (χ1v) is 8.29. The molecule has 3 aromatic rings. The van der Waals surface area contributed by atoms with Crippen LogP contribution in [0.2, 0.25) is 0 Å². The van der Waals surface area contributed by atoms with Crippen LogP contribution in [-0.4, -0.2) is 43.1 Å². The molecule has 1 aromatic carbocycles. The molecule has 0 spiro atoms. The van der Waals surface area contributed by atoms with Gasteiger partial charge in [-0.2, -0.15) is 5.26 Å². The molecule has 1 fully saturated rings. The van der Waals surface area contributed by atoms with Gasteiger partial charge in [0.2, 0.25) is 0 Å². The summed E-state index contributed by atoms with van der Waals surface area (Å²) in [7, 11) is 2.16. The average molecular weight is 308 g/mol. The molecule has 1 aliphatic rings. The second-order valence-corrected chi connectivity index (χ2v) is 6.65. The van der Waals surface area contributed by atoms with Crippen molar-refractivity contribution in [3.63, 3.8) is 0 Å². The Kier molecular flexibility index (Phi) is 3.21. The summed E-state index contributed by atoms with van der Waals surface area (Å²) in [5.74, 6) is 1.06. The maximum Gasteiger partial charge on any atom is 0.138 e. The van der Waals surface area contributed by atoms with Gasteiger partial charge < -0.3 is 9.80 Å². The first kappa shape index (κ1) is 13.5. The molecule has 3 heterocycles. The predicted octanol–water partition coefficient (Wildman–Crippen LogP) is 3.07. The van der Waals surface area contributed by atoms with E-state index in [4.69, 9.17) is 10.2 Å². The zero-order valence-corrected chi connectivity index (χ0v) is 13.2. The predicted molar refractivity (Wildman–Crippen MR) is 91.6 cm³/mol. The van der Waals surface area contributed by atoms with Gasteiger partial charge in [0, 0.05) is 41.7 Å². The van der Waals surface area contributed by atoms with Crippen LogP contribution in [0.3, 0.4) is 0 Å². The number of hydrogen-bond acceptors (Lipinski definition) is 5. The van der Waals surface area contributed by atoms with E-state index >= 15 is 0 Å².